The van der Waals surface area contributed by atoms with Crippen LogP contribution in [0.4, 0.5) is 4.79 Å². The third-order valence-corrected chi connectivity index (χ3v) is 4.09. The lowest BCUT2D eigenvalue weighted by molar-refractivity contribution is -0.144. The molecule has 98 valence electrons. The molecule has 2 heterocycles. The molecule has 2 aliphatic heterocycles. The number of barbiturate groups is 1. The number of urea groups is 1. The van der Waals surface area contributed by atoms with Gasteiger partial charge in [0.2, 0.25) is 11.8 Å². The van der Waals surface area contributed by atoms with Crippen LogP contribution in [0.15, 0.2) is 0 Å². The number of imide groups is 2. The van der Waals surface area contributed by atoms with E-state index in [0.29, 0.717) is 31.9 Å². The van der Waals surface area contributed by atoms with E-state index < -0.39 is 17.4 Å². The van der Waals surface area contributed by atoms with Gasteiger partial charge in [0.25, 0.3) is 0 Å². The molecule has 6 heteroatoms. The Kier molecular flexibility index (Phi) is 2.62. The highest BCUT2D eigenvalue weighted by molar-refractivity contribution is 6.20. The highest BCUT2D eigenvalue weighted by atomic mass is 16.5. The first-order valence-electron chi connectivity index (χ1n) is 6.39. The molecule has 0 aromatic rings. The van der Waals surface area contributed by atoms with Gasteiger partial charge in [0.1, 0.15) is 5.41 Å². The van der Waals surface area contributed by atoms with E-state index in [4.69, 9.17) is 4.74 Å². The first-order chi connectivity index (χ1) is 8.63. The summed E-state index contributed by atoms with van der Waals surface area (Å²) in [5.74, 6) is -0.313. The van der Waals surface area contributed by atoms with Gasteiger partial charge < -0.3 is 4.74 Å². The van der Waals surface area contributed by atoms with Gasteiger partial charge in [0, 0.05) is 19.8 Å². The Morgan fingerprint density at radius 2 is 2.11 bits per heavy atom. The van der Waals surface area contributed by atoms with Crippen molar-refractivity contribution in [3.63, 3.8) is 0 Å². The van der Waals surface area contributed by atoms with Crippen molar-refractivity contribution >= 4 is 17.8 Å². The summed E-state index contributed by atoms with van der Waals surface area (Å²) in [4.78, 5) is 36.6. The van der Waals surface area contributed by atoms with Gasteiger partial charge in [-0.1, -0.05) is 0 Å². The largest absolute Gasteiger partial charge is 0.381 e. The summed E-state index contributed by atoms with van der Waals surface area (Å²) in [6, 6.07) is -0.568. The van der Waals surface area contributed by atoms with Crippen molar-refractivity contribution in [2.24, 2.45) is 11.3 Å². The maximum atomic E-state index is 12.1. The zero-order chi connectivity index (χ0) is 12.8. The zero-order valence-electron chi connectivity index (χ0n) is 10.1. The van der Waals surface area contributed by atoms with Crippen molar-refractivity contribution < 1.29 is 19.1 Å². The fraction of sp³-hybridized carbons (Fsp3) is 0.750. The van der Waals surface area contributed by atoms with Crippen LogP contribution in [-0.4, -0.2) is 42.5 Å². The Morgan fingerprint density at radius 3 is 2.72 bits per heavy atom. The van der Waals surface area contributed by atoms with Crippen molar-refractivity contribution in [1.29, 1.82) is 0 Å². The molecule has 3 fully saturated rings. The maximum Gasteiger partial charge on any atom is 0.330 e. The summed E-state index contributed by atoms with van der Waals surface area (Å²) in [7, 11) is 0. The summed E-state index contributed by atoms with van der Waals surface area (Å²) in [6.07, 6.45) is 2.86. The predicted octanol–water partition coefficient (Wildman–Crippen LogP) is 0.272. The average molecular weight is 252 g/mol. The standard InChI is InChI=1S/C12H16N2O4/c15-9-12(3-4-12)10(16)14(11(17)13-9)5-1-8-2-6-18-7-8/h8H,1-7H2,(H,13,15,17). The van der Waals surface area contributed by atoms with Crippen LogP contribution in [-0.2, 0) is 14.3 Å². The normalized spacial score (nSPS) is 29.9. The van der Waals surface area contributed by atoms with Crippen LogP contribution >= 0.6 is 0 Å². The van der Waals surface area contributed by atoms with Crippen molar-refractivity contribution in [3.05, 3.63) is 0 Å². The van der Waals surface area contributed by atoms with Gasteiger partial charge in [-0.2, -0.15) is 0 Å². The molecular weight excluding hydrogens is 236 g/mol. The molecule has 0 radical (unpaired) electrons. The molecule has 18 heavy (non-hydrogen) atoms. The van der Waals surface area contributed by atoms with Crippen LogP contribution in [0.5, 0.6) is 0 Å². The Hall–Kier alpha value is -1.43. The third kappa shape index (κ3) is 1.71. The molecule has 1 saturated carbocycles. The van der Waals surface area contributed by atoms with E-state index in [2.05, 4.69) is 5.32 Å². The van der Waals surface area contributed by atoms with E-state index >= 15 is 0 Å². The van der Waals surface area contributed by atoms with Gasteiger partial charge in [-0.05, 0) is 31.6 Å². The van der Waals surface area contributed by atoms with Gasteiger partial charge in [0.05, 0.1) is 0 Å². The minimum atomic E-state index is -0.917. The van der Waals surface area contributed by atoms with E-state index in [1.807, 2.05) is 0 Å². The number of nitrogens with one attached hydrogen (secondary N) is 1. The molecule has 6 nitrogen and oxygen atoms in total. The van der Waals surface area contributed by atoms with Gasteiger partial charge in [0.15, 0.2) is 0 Å². The first-order valence-corrected chi connectivity index (χ1v) is 6.39. The van der Waals surface area contributed by atoms with Gasteiger partial charge in [-0.3, -0.25) is 19.8 Å². The molecule has 3 rings (SSSR count). The van der Waals surface area contributed by atoms with Crippen LogP contribution in [0.2, 0.25) is 0 Å². The number of ether oxygens (including phenoxy) is 1. The Morgan fingerprint density at radius 1 is 1.33 bits per heavy atom. The molecule has 0 aromatic heterocycles. The molecule has 3 aliphatic rings. The number of carbonyl (C=O) groups is 3. The lowest BCUT2D eigenvalue weighted by atomic mass is 10.00. The molecule has 0 aromatic carbocycles. The number of carbonyl (C=O) groups excluding carboxylic acids is 3. The van der Waals surface area contributed by atoms with Crippen molar-refractivity contribution in [3.8, 4) is 0 Å². The molecule has 1 N–H and O–H groups in total. The predicted molar refractivity (Wildman–Crippen MR) is 60.5 cm³/mol. The topological polar surface area (TPSA) is 75.7 Å². The van der Waals surface area contributed by atoms with Gasteiger partial charge in [-0.25, -0.2) is 4.79 Å². The van der Waals surface area contributed by atoms with E-state index in [1.54, 1.807) is 0 Å². The number of nitrogens with zero attached hydrogens (tertiary/aromatic N) is 1. The highest BCUT2D eigenvalue weighted by Gasteiger charge is 2.62. The highest BCUT2D eigenvalue weighted by Crippen LogP contribution is 2.49. The SMILES string of the molecule is O=C1NC(=O)C2(CC2)C(=O)N1CCC1CCOC1. The minimum Gasteiger partial charge on any atom is -0.381 e. The van der Waals surface area contributed by atoms with Gasteiger partial charge >= 0.3 is 6.03 Å². The number of hydrogen-bond donors (Lipinski definition) is 1. The molecular formula is C12H16N2O4. The van der Waals surface area contributed by atoms with Crippen LogP contribution in [0.25, 0.3) is 0 Å². The maximum absolute atomic E-state index is 12.1. The number of rotatable bonds is 3. The first kappa shape index (κ1) is 11.6. The van der Waals surface area contributed by atoms with E-state index in [0.717, 1.165) is 19.4 Å². The summed E-state index contributed by atoms with van der Waals surface area (Å²) >= 11 is 0. The summed E-state index contributed by atoms with van der Waals surface area (Å²) in [5.41, 5.74) is -0.917. The van der Waals surface area contributed by atoms with Crippen molar-refractivity contribution in [2.45, 2.75) is 25.7 Å². The molecule has 2 saturated heterocycles. The Balaban J connectivity index is 1.65. The van der Waals surface area contributed by atoms with Gasteiger partial charge in [-0.15, -0.1) is 0 Å². The second-order valence-corrected chi connectivity index (χ2v) is 5.32. The number of hydrogen-bond acceptors (Lipinski definition) is 4. The van der Waals surface area contributed by atoms with Crippen LogP contribution < -0.4 is 5.32 Å². The number of amides is 4. The molecule has 4 amide bonds. The van der Waals surface area contributed by atoms with Crippen molar-refractivity contribution in [2.75, 3.05) is 19.8 Å². The second-order valence-electron chi connectivity index (χ2n) is 5.32. The fourth-order valence-corrected chi connectivity index (χ4v) is 2.62. The smallest absolute Gasteiger partial charge is 0.330 e. The van der Waals surface area contributed by atoms with E-state index in [-0.39, 0.29) is 5.91 Å². The quantitative estimate of drug-likeness (QED) is 0.732. The Labute approximate surface area is 105 Å². The summed E-state index contributed by atoms with van der Waals surface area (Å²) in [6.45, 7) is 1.84. The van der Waals surface area contributed by atoms with Crippen LogP contribution in [0, 0.1) is 11.3 Å². The van der Waals surface area contributed by atoms with E-state index in [9.17, 15) is 14.4 Å². The average Bonchev–Trinajstić information content (AvgIpc) is 2.99. The fourth-order valence-electron chi connectivity index (χ4n) is 2.62. The molecule has 1 spiro atoms. The summed E-state index contributed by atoms with van der Waals surface area (Å²) in [5, 5.41) is 2.28. The minimum absolute atomic E-state index is 0.310. The van der Waals surface area contributed by atoms with E-state index in [1.165, 1.54) is 4.90 Å². The summed E-state index contributed by atoms with van der Waals surface area (Å²) < 4.78 is 5.26. The lowest BCUT2D eigenvalue weighted by Crippen LogP contribution is -2.59. The molecule has 1 unspecified atom stereocenters. The van der Waals surface area contributed by atoms with Crippen molar-refractivity contribution in [1.82, 2.24) is 10.2 Å². The second kappa shape index (κ2) is 4.05. The molecule has 0 bridgehead atoms. The van der Waals surface area contributed by atoms with Crippen LogP contribution in [0.3, 0.4) is 0 Å². The zero-order valence-corrected chi connectivity index (χ0v) is 10.1. The lowest BCUT2D eigenvalue weighted by Gasteiger charge is -2.30. The third-order valence-electron chi connectivity index (χ3n) is 4.09. The molecule has 1 aliphatic carbocycles. The molecule has 1 atom stereocenters. The monoisotopic (exact) mass is 252 g/mol. The Bertz CT molecular complexity index is 410. The van der Waals surface area contributed by atoms with Crippen LogP contribution in [0.1, 0.15) is 25.7 Å².